The summed E-state index contributed by atoms with van der Waals surface area (Å²) in [5.41, 5.74) is 1.96. The Morgan fingerprint density at radius 2 is 1.69 bits per heavy atom. The Balaban J connectivity index is 1.38. The van der Waals surface area contributed by atoms with Crippen LogP contribution in [0, 0.1) is 0 Å². The van der Waals surface area contributed by atoms with Gasteiger partial charge >= 0.3 is 0 Å². The normalized spacial score (nSPS) is 15.6. The highest BCUT2D eigenvalue weighted by Gasteiger charge is 2.29. The Hall–Kier alpha value is -2.17. The zero-order chi connectivity index (χ0) is 22.7. The van der Waals surface area contributed by atoms with E-state index in [0.29, 0.717) is 49.2 Å². The monoisotopic (exact) mass is 493 g/mol. The Kier molecular flexibility index (Phi) is 7.02. The summed E-state index contributed by atoms with van der Waals surface area (Å²) in [6, 6.07) is 12.3. The molecule has 4 rings (SSSR count). The van der Waals surface area contributed by atoms with Gasteiger partial charge in [0.2, 0.25) is 10.0 Å². The van der Waals surface area contributed by atoms with Gasteiger partial charge in [-0.1, -0.05) is 23.7 Å². The zero-order valence-corrected chi connectivity index (χ0v) is 20.2. The van der Waals surface area contributed by atoms with E-state index in [1.165, 1.54) is 24.6 Å². The van der Waals surface area contributed by atoms with Gasteiger partial charge in [-0.2, -0.15) is 4.31 Å². The summed E-state index contributed by atoms with van der Waals surface area (Å²) in [6.07, 6.45) is 0. The molecule has 1 aliphatic rings. The number of methoxy groups -OCH3 is 2. The van der Waals surface area contributed by atoms with Gasteiger partial charge < -0.3 is 9.47 Å². The second kappa shape index (κ2) is 9.76. The van der Waals surface area contributed by atoms with Crippen LogP contribution in [0.25, 0.3) is 11.3 Å². The molecule has 0 radical (unpaired) electrons. The van der Waals surface area contributed by atoms with Gasteiger partial charge in [0.25, 0.3) is 0 Å². The molecule has 0 unspecified atom stereocenters. The van der Waals surface area contributed by atoms with Gasteiger partial charge in [-0.05, 0) is 24.3 Å². The molecule has 170 valence electrons. The molecule has 0 saturated carbocycles. The fourth-order valence-electron chi connectivity index (χ4n) is 3.58. The van der Waals surface area contributed by atoms with Crippen LogP contribution in [-0.2, 0) is 16.6 Å². The molecule has 0 aliphatic carbocycles. The first-order valence-electron chi connectivity index (χ1n) is 10.1. The van der Waals surface area contributed by atoms with Gasteiger partial charge in [-0.25, -0.2) is 13.4 Å². The van der Waals surface area contributed by atoms with E-state index in [1.54, 1.807) is 23.5 Å². The van der Waals surface area contributed by atoms with Crippen LogP contribution in [0.1, 0.15) is 5.01 Å². The molecule has 32 heavy (non-hydrogen) atoms. The number of aromatic nitrogens is 1. The first-order valence-corrected chi connectivity index (χ1v) is 12.8. The second-order valence-electron chi connectivity index (χ2n) is 7.33. The summed E-state index contributed by atoms with van der Waals surface area (Å²) in [5, 5.41) is 3.74. The highest BCUT2D eigenvalue weighted by atomic mass is 35.5. The number of ether oxygens (including phenoxy) is 2. The Bertz CT molecular complexity index is 1170. The van der Waals surface area contributed by atoms with Crippen molar-refractivity contribution in [2.45, 2.75) is 11.4 Å². The Morgan fingerprint density at radius 1 is 1.00 bits per heavy atom. The number of benzene rings is 2. The van der Waals surface area contributed by atoms with Crippen molar-refractivity contribution in [1.29, 1.82) is 0 Å². The van der Waals surface area contributed by atoms with Gasteiger partial charge in [0.1, 0.15) is 5.01 Å². The lowest BCUT2D eigenvalue weighted by atomic mass is 10.2. The van der Waals surface area contributed by atoms with Crippen LogP contribution in [0.15, 0.2) is 52.7 Å². The van der Waals surface area contributed by atoms with Crippen molar-refractivity contribution in [1.82, 2.24) is 14.2 Å². The number of halogens is 1. The number of hydrogen-bond acceptors (Lipinski definition) is 7. The van der Waals surface area contributed by atoms with E-state index in [4.69, 9.17) is 26.1 Å². The van der Waals surface area contributed by atoms with Crippen molar-refractivity contribution >= 4 is 33.0 Å². The van der Waals surface area contributed by atoms with Crippen LogP contribution in [0.2, 0.25) is 5.02 Å². The minimum absolute atomic E-state index is 0.205. The lowest BCUT2D eigenvalue weighted by molar-refractivity contribution is 0.181. The molecule has 0 spiro atoms. The summed E-state index contributed by atoms with van der Waals surface area (Å²) >= 11 is 7.57. The highest BCUT2D eigenvalue weighted by molar-refractivity contribution is 7.89. The average molecular weight is 494 g/mol. The van der Waals surface area contributed by atoms with Crippen LogP contribution in [0.3, 0.4) is 0 Å². The fourth-order valence-corrected chi connectivity index (χ4v) is 5.99. The average Bonchev–Trinajstić information content (AvgIpc) is 3.27. The maximum atomic E-state index is 13.1. The quantitative estimate of drug-likeness (QED) is 0.495. The van der Waals surface area contributed by atoms with E-state index < -0.39 is 10.0 Å². The highest BCUT2D eigenvalue weighted by Crippen LogP contribution is 2.31. The molecule has 3 aromatic rings. The van der Waals surface area contributed by atoms with Crippen LogP contribution < -0.4 is 9.47 Å². The first-order chi connectivity index (χ1) is 15.4. The van der Waals surface area contributed by atoms with Crippen molar-refractivity contribution in [2.24, 2.45) is 0 Å². The standard InChI is InChI=1S/C22H24ClN3O4S2/c1-29-20-8-7-18(13-21(20)30-2)32(27,28)26-11-9-25(10-12-26)14-22-24-19(15-31-22)16-3-5-17(23)6-4-16/h3-8,13,15H,9-12,14H2,1-2H3. The third kappa shape index (κ3) is 4.92. The minimum Gasteiger partial charge on any atom is -0.493 e. The van der Waals surface area contributed by atoms with Crippen LogP contribution in [0.4, 0.5) is 0 Å². The van der Waals surface area contributed by atoms with Crippen molar-refractivity contribution in [3.8, 4) is 22.8 Å². The van der Waals surface area contributed by atoms with Gasteiger partial charge in [0.05, 0.1) is 31.4 Å². The molecule has 0 amide bonds. The van der Waals surface area contributed by atoms with Crippen LogP contribution in [-0.4, -0.2) is 63.0 Å². The summed E-state index contributed by atoms with van der Waals surface area (Å²) in [4.78, 5) is 7.16. The molecule has 0 bridgehead atoms. The minimum atomic E-state index is -3.60. The van der Waals surface area contributed by atoms with E-state index in [0.717, 1.165) is 16.3 Å². The van der Waals surface area contributed by atoms with E-state index in [9.17, 15) is 8.42 Å². The molecule has 2 heterocycles. The van der Waals surface area contributed by atoms with Crippen molar-refractivity contribution in [3.63, 3.8) is 0 Å². The van der Waals surface area contributed by atoms with Crippen molar-refractivity contribution < 1.29 is 17.9 Å². The van der Waals surface area contributed by atoms with E-state index in [-0.39, 0.29) is 4.90 Å². The zero-order valence-electron chi connectivity index (χ0n) is 17.8. The van der Waals surface area contributed by atoms with E-state index in [1.807, 2.05) is 29.6 Å². The molecule has 1 aliphatic heterocycles. The maximum Gasteiger partial charge on any atom is 0.243 e. The lowest BCUT2D eigenvalue weighted by Gasteiger charge is -2.33. The SMILES string of the molecule is COc1ccc(S(=O)(=O)N2CCN(Cc3nc(-c4ccc(Cl)cc4)cs3)CC2)cc1OC. The second-order valence-corrected chi connectivity index (χ2v) is 10.6. The van der Waals surface area contributed by atoms with Gasteiger partial charge in [0.15, 0.2) is 11.5 Å². The van der Waals surface area contributed by atoms with E-state index in [2.05, 4.69) is 4.90 Å². The number of sulfonamides is 1. The third-order valence-electron chi connectivity index (χ3n) is 5.37. The predicted molar refractivity (Wildman–Crippen MR) is 126 cm³/mol. The van der Waals surface area contributed by atoms with Gasteiger partial charge in [-0.15, -0.1) is 11.3 Å². The first kappa shape index (κ1) is 23.0. The molecular weight excluding hydrogens is 470 g/mol. The molecular formula is C22H24ClN3O4S2. The molecule has 1 saturated heterocycles. The summed E-state index contributed by atoms with van der Waals surface area (Å²) in [7, 11) is -0.594. The number of hydrogen-bond donors (Lipinski definition) is 0. The Labute approximate surface area is 197 Å². The maximum absolute atomic E-state index is 13.1. The Morgan fingerprint density at radius 3 is 2.34 bits per heavy atom. The lowest BCUT2D eigenvalue weighted by Crippen LogP contribution is -2.48. The summed E-state index contributed by atoms with van der Waals surface area (Å²) in [6.45, 7) is 2.82. The summed E-state index contributed by atoms with van der Waals surface area (Å²) in [5.74, 6) is 0.894. The van der Waals surface area contributed by atoms with Gasteiger partial charge in [-0.3, -0.25) is 4.90 Å². The van der Waals surface area contributed by atoms with E-state index >= 15 is 0 Å². The van der Waals surface area contributed by atoms with Crippen molar-refractivity contribution in [3.05, 3.63) is 57.9 Å². The molecule has 1 fully saturated rings. The molecule has 10 heteroatoms. The molecule has 2 aromatic carbocycles. The predicted octanol–water partition coefficient (Wildman–Crippen LogP) is 3.99. The molecule has 0 N–H and O–H groups in total. The number of nitrogens with zero attached hydrogens (tertiary/aromatic N) is 3. The topological polar surface area (TPSA) is 72.0 Å². The van der Waals surface area contributed by atoms with Gasteiger partial charge in [0, 0.05) is 48.2 Å². The molecule has 1 aromatic heterocycles. The molecule has 7 nitrogen and oxygen atoms in total. The fraction of sp³-hybridized carbons (Fsp3) is 0.318. The van der Waals surface area contributed by atoms with Crippen LogP contribution >= 0.6 is 22.9 Å². The number of thiazole rings is 1. The smallest absolute Gasteiger partial charge is 0.243 e. The summed E-state index contributed by atoms with van der Waals surface area (Å²) < 4.78 is 38.2. The largest absolute Gasteiger partial charge is 0.493 e. The van der Waals surface area contributed by atoms with Crippen LogP contribution in [0.5, 0.6) is 11.5 Å². The number of piperazine rings is 1. The van der Waals surface area contributed by atoms with Crippen molar-refractivity contribution in [2.75, 3.05) is 40.4 Å². The molecule has 0 atom stereocenters. The number of rotatable bonds is 7. The third-order valence-corrected chi connectivity index (χ3v) is 8.35.